The van der Waals surface area contributed by atoms with Crippen molar-refractivity contribution in [3.8, 4) is 0 Å². The summed E-state index contributed by atoms with van der Waals surface area (Å²) in [5.74, 6) is 0.637. The van der Waals surface area contributed by atoms with Crippen LogP contribution in [0.15, 0.2) is 14.6 Å². The molecule has 22 heavy (non-hydrogen) atoms. The van der Waals surface area contributed by atoms with E-state index in [2.05, 4.69) is 24.2 Å². The quantitative estimate of drug-likeness (QED) is 0.793. The lowest BCUT2D eigenvalue weighted by Gasteiger charge is -2.25. The first-order valence-corrected chi connectivity index (χ1v) is 8.87. The van der Waals surface area contributed by atoms with Gasteiger partial charge in [0.25, 0.3) is 0 Å². The normalized spacial score (nSPS) is 28.2. The fourth-order valence-electron chi connectivity index (χ4n) is 3.06. The largest absolute Gasteiger partial charge is 0.593 e. The van der Waals surface area contributed by atoms with Crippen molar-refractivity contribution >= 4 is 16.1 Å². The van der Waals surface area contributed by atoms with Crippen LogP contribution < -0.4 is 0 Å². The monoisotopic (exact) mass is 327 g/mol. The predicted octanol–water partition coefficient (Wildman–Crippen LogP) is 2.07. The van der Waals surface area contributed by atoms with E-state index in [0.29, 0.717) is 43.3 Å². The zero-order valence-electron chi connectivity index (χ0n) is 13.3. The summed E-state index contributed by atoms with van der Waals surface area (Å²) >= 11 is 0. The van der Waals surface area contributed by atoms with E-state index in [0.717, 1.165) is 5.71 Å². The first kappa shape index (κ1) is 15.6. The highest BCUT2D eigenvalue weighted by molar-refractivity contribution is 7.95. The molecule has 0 radical (unpaired) electrons. The first-order chi connectivity index (χ1) is 10.3. The molecule has 2 aliphatic rings. The Labute approximate surface area is 131 Å². The zero-order valence-corrected chi connectivity index (χ0v) is 14.1. The molecule has 0 bridgehead atoms. The molecule has 1 saturated heterocycles. The van der Waals surface area contributed by atoms with Crippen molar-refractivity contribution in [3.05, 3.63) is 11.5 Å². The third-order valence-electron chi connectivity index (χ3n) is 4.37. The summed E-state index contributed by atoms with van der Waals surface area (Å²) < 4.78 is 32.1. The molecule has 0 aromatic carbocycles. The van der Waals surface area contributed by atoms with E-state index < -0.39 is 16.0 Å². The molecule has 8 heteroatoms. The second kappa shape index (κ2) is 5.14. The van der Waals surface area contributed by atoms with Crippen molar-refractivity contribution in [2.45, 2.75) is 51.0 Å². The second-order valence-corrected chi connectivity index (χ2v) is 8.31. The van der Waals surface area contributed by atoms with Gasteiger partial charge in [0, 0.05) is 26.3 Å². The number of hydrogen-bond donors (Lipinski definition) is 0. The van der Waals surface area contributed by atoms with Crippen molar-refractivity contribution < 1.29 is 18.1 Å². The Morgan fingerprint density at radius 3 is 2.68 bits per heavy atom. The number of aryl methyl sites for hydroxylation is 2. The molecule has 7 nitrogen and oxygen atoms in total. The third-order valence-corrected chi connectivity index (χ3v) is 6.46. The summed E-state index contributed by atoms with van der Waals surface area (Å²) in [5, 5.41) is 7.89. The predicted molar refractivity (Wildman–Crippen MR) is 80.0 cm³/mol. The highest BCUT2D eigenvalue weighted by atomic mass is 32.3. The Kier molecular flexibility index (Phi) is 3.65. The van der Waals surface area contributed by atoms with E-state index in [-0.39, 0.29) is 4.90 Å². The summed E-state index contributed by atoms with van der Waals surface area (Å²) in [5.41, 5.74) is 0.882. The second-order valence-electron chi connectivity index (χ2n) is 6.43. The zero-order chi connectivity index (χ0) is 16.1. The Bertz CT molecular complexity index is 650. The van der Waals surface area contributed by atoms with Crippen LogP contribution in [0.2, 0.25) is 0 Å². The Balaban J connectivity index is 1.80. The summed E-state index contributed by atoms with van der Waals surface area (Å²) in [7, 11) is -3.61. The van der Waals surface area contributed by atoms with Crippen LogP contribution in [0.25, 0.3) is 0 Å². The Morgan fingerprint density at radius 1 is 1.41 bits per heavy atom. The molecule has 1 aromatic rings. The van der Waals surface area contributed by atoms with E-state index in [4.69, 9.17) is 9.36 Å². The average Bonchev–Trinajstić information content (AvgIpc) is 3.12. The lowest BCUT2D eigenvalue weighted by atomic mass is 9.92. The molecule has 0 aliphatic carbocycles. The highest BCUT2D eigenvalue weighted by Gasteiger charge is 2.52. The van der Waals surface area contributed by atoms with Crippen LogP contribution in [-0.2, 0) is 19.4 Å². The van der Waals surface area contributed by atoms with Gasteiger partial charge in [-0.2, -0.15) is 0 Å². The van der Waals surface area contributed by atoms with Gasteiger partial charge in [0.15, 0.2) is 21.8 Å². The van der Waals surface area contributed by atoms with Crippen molar-refractivity contribution in [2.24, 2.45) is 11.1 Å². The maximum atomic E-state index is 12.8. The molecule has 0 amide bonds. The molecule has 2 aliphatic heterocycles. The molecule has 122 valence electrons. The molecule has 1 fully saturated rings. The molecule has 2 unspecified atom stereocenters. The molecule has 3 heterocycles. The fourth-order valence-corrected chi connectivity index (χ4v) is 4.87. The first-order valence-electron chi connectivity index (χ1n) is 7.43. The molecule has 3 rings (SSSR count). The number of nitrogens with zero attached hydrogens (tertiary/aromatic N) is 3. The van der Waals surface area contributed by atoms with Crippen molar-refractivity contribution in [2.75, 3.05) is 13.1 Å². The summed E-state index contributed by atoms with van der Waals surface area (Å²) in [6.45, 7) is 8.13. The minimum atomic E-state index is -3.61. The number of rotatable bonds is 3. The molecular weight excluding hydrogens is 306 g/mol. The molecule has 2 atom stereocenters. The van der Waals surface area contributed by atoms with Crippen LogP contribution in [0.4, 0.5) is 0 Å². The number of hydrogen-bond acceptors (Lipinski definition) is 6. The van der Waals surface area contributed by atoms with Crippen LogP contribution in [0.3, 0.4) is 0 Å². The molecule has 1 spiro atoms. The van der Waals surface area contributed by atoms with E-state index >= 15 is 0 Å². The van der Waals surface area contributed by atoms with Crippen LogP contribution in [0.5, 0.6) is 0 Å². The summed E-state index contributed by atoms with van der Waals surface area (Å²) in [6, 6.07) is 0. The van der Waals surface area contributed by atoms with Gasteiger partial charge in [-0.3, -0.25) is 0 Å². The van der Waals surface area contributed by atoms with Crippen LogP contribution in [-0.4, -0.2) is 38.4 Å². The van der Waals surface area contributed by atoms with Crippen molar-refractivity contribution in [1.29, 1.82) is 0 Å². The van der Waals surface area contributed by atoms with Gasteiger partial charge in [0.05, 0.1) is 12.3 Å². The van der Waals surface area contributed by atoms with Gasteiger partial charge in [-0.15, -0.1) is 4.31 Å². The Hall–Kier alpha value is -1.25. The maximum Gasteiger partial charge on any atom is 0.240 e. The standard InChI is InChI=1S/C14H21N3O4S/c1-9(2)12-7-14(21-16-12)5-6-17(8-14)22(18,19)13-10(3)15-20-11(13)4/h9H,5-8H2,1-4H3. The smallest absolute Gasteiger partial charge is 0.240 e. The lowest BCUT2D eigenvalue weighted by Crippen LogP contribution is -2.40. The lowest BCUT2D eigenvalue weighted by molar-refractivity contribution is -0.00605. The fraction of sp³-hybridized carbons (Fsp3) is 0.714. The Morgan fingerprint density at radius 2 is 2.14 bits per heavy atom. The van der Waals surface area contributed by atoms with Crippen molar-refractivity contribution in [1.82, 2.24) is 9.46 Å². The van der Waals surface area contributed by atoms with Gasteiger partial charge in [-0.25, -0.2) is 0 Å². The molecule has 0 saturated carbocycles. The SMILES string of the molecule is Cc1noc(C)c1[S+](=O)([O-])N1CCC2(CC(C(C)C)=NO2)C1. The van der Waals surface area contributed by atoms with E-state index in [1.165, 1.54) is 4.31 Å². The van der Waals surface area contributed by atoms with Crippen LogP contribution in [0, 0.1) is 19.8 Å². The van der Waals surface area contributed by atoms with E-state index in [1.807, 2.05) is 0 Å². The maximum absolute atomic E-state index is 12.8. The number of aromatic nitrogens is 1. The summed E-state index contributed by atoms with van der Waals surface area (Å²) in [6.07, 6.45) is 1.34. The van der Waals surface area contributed by atoms with Crippen LogP contribution in [0.1, 0.15) is 38.1 Å². The van der Waals surface area contributed by atoms with Gasteiger partial charge in [-0.05, 0) is 12.8 Å². The molecule has 1 aromatic heterocycles. The third kappa shape index (κ3) is 2.39. The van der Waals surface area contributed by atoms with E-state index in [9.17, 15) is 8.76 Å². The van der Waals surface area contributed by atoms with Gasteiger partial charge in [0.1, 0.15) is 5.69 Å². The molecular formula is C14H21N3O4S. The molecule has 0 N–H and O–H groups in total. The minimum Gasteiger partial charge on any atom is -0.593 e. The van der Waals surface area contributed by atoms with E-state index in [1.54, 1.807) is 13.8 Å². The van der Waals surface area contributed by atoms with Crippen molar-refractivity contribution in [3.63, 3.8) is 0 Å². The van der Waals surface area contributed by atoms with Gasteiger partial charge >= 0.3 is 0 Å². The van der Waals surface area contributed by atoms with Gasteiger partial charge in [-0.1, -0.05) is 28.4 Å². The van der Waals surface area contributed by atoms with Gasteiger partial charge < -0.3 is 13.9 Å². The minimum absolute atomic E-state index is 0.174. The number of oxime groups is 1. The average molecular weight is 327 g/mol. The van der Waals surface area contributed by atoms with Gasteiger partial charge in [0.2, 0.25) is 4.90 Å². The highest BCUT2D eigenvalue weighted by Crippen LogP contribution is 2.39. The topological polar surface area (TPSA) is 91.0 Å². The van der Waals surface area contributed by atoms with Crippen LogP contribution >= 0.6 is 0 Å². The summed E-state index contributed by atoms with van der Waals surface area (Å²) in [4.78, 5) is 5.80. The number of sulfonamides is 1.